The molecule has 8 heteroatoms. The van der Waals surface area contributed by atoms with Crippen LogP contribution in [0.1, 0.15) is 27.0 Å². The number of hydrogen-bond donors (Lipinski definition) is 1. The number of nitrogens with zero attached hydrogens (tertiary/aromatic N) is 2. The quantitative estimate of drug-likeness (QED) is 0.384. The van der Waals surface area contributed by atoms with Gasteiger partial charge in [-0.25, -0.2) is 13.8 Å². The Morgan fingerprint density at radius 1 is 1.03 bits per heavy atom. The SMILES string of the molecule is Cc1ccccc1CN(c1ccc(C(=O)N/N=C\c2ccc(Br)cc2)cc1)S(C)(=O)=O. The number of carbonyl (C=O) groups is 1. The van der Waals surface area contributed by atoms with Crippen molar-refractivity contribution < 1.29 is 13.2 Å². The molecule has 0 fully saturated rings. The molecule has 0 unspecified atom stereocenters. The van der Waals surface area contributed by atoms with Crippen LogP contribution in [0.15, 0.2) is 82.4 Å². The largest absolute Gasteiger partial charge is 0.271 e. The lowest BCUT2D eigenvalue weighted by molar-refractivity contribution is 0.0955. The standard InChI is InChI=1S/C23H22BrN3O3S/c1-17-5-3-4-6-20(17)16-27(31(2,29)30)22-13-9-19(10-14-22)23(28)26-25-15-18-7-11-21(24)12-8-18/h3-15H,16H2,1-2H3,(H,26,28)/b25-15-. The van der Waals surface area contributed by atoms with E-state index in [4.69, 9.17) is 0 Å². The number of nitrogens with one attached hydrogen (secondary N) is 1. The van der Waals surface area contributed by atoms with Crippen molar-refractivity contribution in [2.24, 2.45) is 5.10 Å². The van der Waals surface area contributed by atoms with E-state index in [-0.39, 0.29) is 12.5 Å². The van der Waals surface area contributed by atoms with Gasteiger partial charge in [0.05, 0.1) is 24.7 Å². The molecule has 160 valence electrons. The van der Waals surface area contributed by atoms with Gasteiger partial charge in [0.2, 0.25) is 10.0 Å². The summed E-state index contributed by atoms with van der Waals surface area (Å²) < 4.78 is 27.1. The van der Waals surface area contributed by atoms with Crippen LogP contribution in [0.5, 0.6) is 0 Å². The number of carbonyl (C=O) groups excluding carboxylic acids is 1. The molecule has 6 nitrogen and oxygen atoms in total. The predicted molar refractivity (Wildman–Crippen MR) is 128 cm³/mol. The molecular weight excluding hydrogens is 478 g/mol. The smallest absolute Gasteiger partial charge is 0.267 e. The van der Waals surface area contributed by atoms with E-state index in [2.05, 4.69) is 26.5 Å². The summed E-state index contributed by atoms with van der Waals surface area (Å²) in [6, 6.07) is 21.5. The van der Waals surface area contributed by atoms with E-state index in [1.54, 1.807) is 30.5 Å². The van der Waals surface area contributed by atoms with Crippen LogP contribution in [-0.2, 0) is 16.6 Å². The summed E-state index contributed by atoms with van der Waals surface area (Å²) >= 11 is 3.36. The topological polar surface area (TPSA) is 78.8 Å². The van der Waals surface area contributed by atoms with Crippen LogP contribution < -0.4 is 9.73 Å². The summed E-state index contributed by atoms with van der Waals surface area (Å²) in [4.78, 5) is 12.3. The number of aryl methyl sites for hydroxylation is 1. The highest BCUT2D eigenvalue weighted by Gasteiger charge is 2.19. The minimum absolute atomic E-state index is 0.217. The maximum atomic E-state index is 12.4. The minimum atomic E-state index is -3.51. The Balaban J connectivity index is 1.72. The molecular formula is C23H22BrN3O3S. The van der Waals surface area contributed by atoms with Crippen molar-refractivity contribution in [1.29, 1.82) is 0 Å². The van der Waals surface area contributed by atoms with Gasteiger partial charge in [-0.1, -0.05) is 52.3 Å². The fourth-order valence-electron chi connectivity index (χ4n) is 2.90. The summed E-state index contributed by atoms with van der Waals surface area (Å²) in [5, 5.41) is 3.96. The lowest BCUT2D eigenvalue weighted by Gasteiger charge is -2.23. The molecule has 3 aromatic carbocycles. The van der Waals surface area contributed by atoms with Gasteiger partial charge >= 0.3 is 0 Å². The lowest BCUT2D eigenvalue weighted by atomic mass is 10.1. The Morgan fingerprint density at radius 3 is 2.29 bits per heavy atom. The third-order valence-electron chi connectivity index (χ3n) is 4.64. The van der Waals surface area contributed by atoms with E-state index in [0.29, 0.717) is 11.3 Å². The van der Waals surface area contributed by atoms with Crippen molar-refractivity contribution in [3.8, 4) is 0 Å². The Bertz CT molecular complexity index is 1190. The molecule has 0 saturated heterocycles. The normalized spacial score (nSPS) is 11.5. The number of sulfonamides is 1. The van der Waals surface area contributed by atoms with Crippen molar-refractivity contribution in [2.75, 3.05) is 10.6 Å². The average Bonchev–Trinajstić information content (AvgIpc) is 2.74. The molecule has 31 heavy (non-hydrogen) atoms. The fraction of sp³-hybridized carbons (Fsp3) is 0.130. The number of amides is 1. The van der Waals surface area contributed by atoms with Crippen molar-refractivity contribution in [2.45, 2.75) is 13.5 Å². The second-order valence-corrected chi connectivity index (χ2v) is 9.82. The van der Waals surface area contributed by atoms with E-state index in [0.717, 1.165) is 21.2 Å². The lowest BCUT2D eigenvalue weighted by Crippen LogP contribution is -2.29. The zero-order valence-electron chi connectivity index (χ0n) is 17.1. The molecule has 0 aromatic heterocycles. The van der Waals surface area contributed by atoms with Gasteiger partial charge in [0.1, 0.15) is 0 Å². The molecule has 0 atom stereocenters. The summed E-state index contributed by atoms with van der Waals surface area (Å²) in [6.07, 6.45) is 2.72. The number of benzene rings is 3. The molecule has 0 heterocycles. The Morgan fingerprint density at radius 2 is 1.68 bits per heavy atom. The van der Waals surface area contributed by atoms with Crippen LogP contribution in [0.4, 0.5) is 5.69 Å². The second-order valence-electron chi connectivity index (χ2n) is 6.99. The van der Waals surface area contributed by atoms with Gasteiger partial charge in [-0.15, -0.1) is 0 Å². The highest BCUT2D eigenvalue weighted by Crippen LogP contribution is 2.22. The molecule has 1 amide bonds. The Kier molecular flexibility index (Phi) is 7.25. The van der Waals surface area contributed by atoms with Crippen molar-refractivity contribution in [3.63, 3.8) is 0 Å². The molecule has 0 aliphatic rings. The number of hydrazone groups is 1. The van der Waals surface area contributed by atoms with Crippen molar-refractivity contribution in [1.82, 2.24) is 5.43 Å². The van der Waals surface area contributed by atoms with Gasteiger partial charge < -0.3 is 0 Å². The molecule has 3 aromatic rings. The number of rotatable bonds is 7. The summed E-state index contributed by atoms with van der Waals surface area (Å²) in [6.45, 7) is 2.16. The predicted octanol–water partition coefficient (Wildman–Crippen LogP) is 4.49. The van der Waals surface area contributed by atoms with Crippen molar-refractivity contribution >= 4 is 43.8 Å². The van der Waals surface area contributed by atoms with Gasteiger partial charge in [-0.05, 0) is 60.0 Å². The zero-order chi connectivity index (χ0) is 22.4. The first-order chi connectivity index (χ1) is 14.7. The first-order valence-corrected chi connectivity index (χ1v) is 12.1. The third-order valence-corrected chi connectivity index (χ3v) is 6.31. The van der Waals surface area contributed by atoms with E-state index >= 15 is 0 Å². The van der Waals surface area contributed by atoms with Gasteiger partial charge in [0, 0.05) is 10.0 Å². The van der Waals surface area contributed by atoms with Crippen LogP contribution >= 0.6 is 15.9 Å². The highest BCUT2D eigenvalue weighted by molar-refractivity contribution is 9.10. The van der Waals surface area contributed by atoms with Gasteiger partial charge in [0.25, 0.3) is 5.91 Å². The summed E-state index contributed by atoms with van der Waals surface area (Å²) in [5.41, 5.74) is 6.11. The second kappa shape index (κ2) is 9.89. The molecule has 3 rings (SSSR count). The highest BCUT2D eigenvalue weighted by atomic mass is 79.9. The van der Waals surface area contributed by atoms with Crippen LogP contribution in [-0.4, -0.2) is 26.8 Å². The fourth-order valence-corrected chi connectivity index (χ4v) is 4.04. The monoisotopic (exact) mass is 499 g/mol. The first-order valence-electron chi connectivity index (χ1n) is 9.45. The van der Waals surface area contributed by atoms with Crippen LogP contribution in [0.3, 0.4) is 0 Å². The van der Waals surface area contributed by atoms with Crippen molar-refractivity contribution in [3.05, 3.63) is 99.5 Å². The van der Waals surface area contributed by atoms with E-state index in [1.807, 2.05) is 55.5 Å². The van der Waals surface area contributed by atoms with Crippen LogP contribution in [0.2, 0.25) is 0 Å². The average molecular weight is 500 g/mol. The van der Waals surface area contributed by atoms with Crippen LogP contribution in [0.25, 0.3) is 0 Å². The van der Waals surface area contributed by atoms with E-state index in [1.165, 1.54) is 10.6 Å². The minimum Gasteiger partial charge on any atom is -0.267 e. The molecule has 0 radical (unpaired) electrons. The molecule has 0 saturated carbocycles. The maximum absolute atomic E-state index is 12.4. The van der Waals surface area contributed by atoms with E-state index < -0.39 is 10.0 Å². The van der Waals surface area contributed by atoms with Crippen LogP contribution in [0, 0.1) is 6.92 Å². The molecule has 0 spiro atoms. The third kappa shape index (κ3) is 6.26. The maximum Gasteiger partial charge on any atom is 0.271 e. The summed E-state index contributed by atoms with van der Waals surface area (Å²) in [5.74, 6) is -0.385. The van der Waals surface area contributed by atoms with E-state index in [9.17, 15) is 13.2 Å². The number of halogens is 1. The van der Waals surface area contributed by atoms with Gasteiger partial charge in [0.15, 0.2) is 0 Å². The molecule has 0 aliphatic carbocycles. The van der Waals surface area contributed by atoms with Gasteiger partial charge in [-0.2, -0.15) is 5.10 Å². The first kappa shape index (κ1) is 22.7. The Labute approximate surface area is 190 Å². The molecule has 1 N–H and O–H groups in total. The molecule has 0 aliphatic heterocycles. The number of anilines is 1. The number of hydrogen-bond acceptors (Lipinski definition) is 4. The zero-order valence-corrected chi connectivity index (χ0v) is 19.5. The Hall–Kier alpha value is -2.97. The summed E-state index contributed by atoms with van der Waals surface area (Å²) in [7, 11) is -3.51. The van der Waals surface area contributed by atoms with Gasteiger partial charge in [-0.3, -0.25) is 9.10 Å². The molecule has 0 bridgehead atoms.